The first-order valence-corrected chi connectivity index (χ1v) is 3.03. The predicted molar refractivity (Wildman–Crippen MR) is 38.7 cm³/mol. The third-order valence-electron chi connectivity index (χ3n) is 1.04. The van der Waals surface area contributed by atoms with E-state index in [0.717, 1.165) is 0 Å². The summed E-state index contributed by atoms with van der Waals surface area (Å²) in [5.41, 5.74) is 5.28. The average molecular weight is 142 g/mol. The summed E-state index contributed by atoms with van der Waals surface area (Å²) >= 11 is 0. The van der Waals surface area contributed by atoms with Crippen molar-refractivity contribution in [1.29, 1.82) is 0 Å². The molecule has 0 fully saturated rings. The Balaban J connectivity index is 2.42. The maximum Gasteiger partial charge on any atom is 0.195 e. The molecule has 10 heavy (non-hydrogen) atoms. The number of nitrogens with two attached hydrogens (primary N) is 1. The molecule has 0 atom stereocenters. The molecular weight excluding hydrogens is 132 g/mol. The Labute approximate surface area is 58.6 Å². The van der Waals surface area contributed by atoms with Gasteiger partial charge in [0, 0.05) is 18.7 Å². The summed E-state index contributed by atoms with van der Waals surface area (Å²) in [4.78, 5) is 0. The second-order valence-electron chi connectivity index (χ2n) is 1.85. The molecule has 0 amide bonds. The number of aliphatic hydroxyl groups excluding tert-OH is 1. The number of hydrogen-bond donors (Lipinski definition) is 3. The predicted octanol–water partition coefficient (Wildman–Crippen LogP) is 0.266. The van der Waals surface area contributed by atoms with Gasteiger partial charge < -0.3 is 20.6 Å². The molecule has 0 radical (unpaired) electrons. The van der Waals surface area contributed by atoms with E-state index < -0.39 is 0 Å². The lowest BCUT2D eigenvalue weighted by atomic mass is 10.6. The Bertz CT molecular complexity index is 197. The Morgan fingerprint density at radius 1 is 1.60 bits per heavy atom. The van der Waals surface area contributed by atoms with Gasteiger partial charge in [0.25, 0.3) is 0 Å². The van der Waals surface area contributed by atoms with Gasteiger partial charge in [-0.3, -0.25) is 0 Å². The molecule has 0 aromatic carbocycles. The number of nitrogen functional groups attached to an aromatic ring is 1. The fourth-order valence-corrected chi connectivity index (χ4v) is 0.627. The van der Waals surface area contributed by atoms with Crippen LogP contribution in [0, 0.1) is 0 Å². The third kappa shape index (κ3) is 1.66. The minimum Gasteiger partial charge on any atom is -0.426 e. The molecular formula is C6H10N2O2. The monoisotopic (exact) mass is 142 g/mol. The van der Waals surface area contributed by atoms with E-state index in [-0.39, 0.29) is 6.61 Å². The van der Waals surface area contributed by atoms with Crippen LogP contribution in [0.5, 0.6) is 0 Å². The molecule has 4 N–H and O–H groups in total. The number of nitrogens with one attached hydrogen (secondary N) is 1. The first kappa shape index (κ1) is 6.95. The fraction of sp³-hybridized carbons (Fsp3) is 0.333. The van der Waals surface area contributed by atoms with Crippen LogP contribution in [0.15, 0.2) is 16.5 Å². The van der Waals surface area contributed by atoms with E-state index in [2.05, 4.69) is 5.32 Å². The van der Waals surface area contributed by atoms with Gasteiger partial charge in [-0.15, -0.1) is 0 Å². The summed E-state index contributed by atoms with van der Waals surface area (Å²) in [6.45, 7) is 0.563. The van der Waals surface area contributed by atoms with Gasteiger partial charge in [-0.1, -0.05) is 0 Å². The van der Waals surface area contributed by atoms with Crippen LogP contribution in [0.2, 0.25) is 0 Å². The topological polar surface area (TPSA) is 71.4 Å². The Hall–Kier alpha value is -1.16. The van der Waals surface area contributed by atoms with Gasteiger partial charge in [-0.2, -0.15) is 0 Å². The average Bonchev–Trinajstić information content (AvgIpc) is 2.31. The zero-order valence-electron chi connectivity index (χ0n) is 5.50. The second kappa shape index (κ2) is 3.12. The van der Waals surface area contributed by atoms with Crippen LogP contribution in [0.25, 0.3) is 0 Å². The maximum atomic E-state index is 8.40. The second-order valence-corrected chi connectivity index (χ2v) is 1.85. The highest BCUT2D eigenvalue weighted by Crippen LogP contribution is 2.13. The normalized spacial score (nSPS) is 9.70. The molecule has 1 aromatic rings. The fourth-order valence-electron chi connectivity index (χ4n) is 0.627. The third-order valence-corrected chi connectivity index (χ3v) is 1.04. The van der Waals surface area contributed by atoms with Crippen LogP contribution in [-0.2, 0) is 0 Å². The van der Waals surface area contributed by atoms with E-state index in [1.807, 2.05) is 0 Å². The Morgan fingerprint density at radius 3 is 2.90 bits per heavy atom. The Kier molecular flexibility index (Phi) is 2.17. The van der Waals surface area contributed by atoms with Crippen LogP contribution in [0.4, 0.5) is 11.8 Å². The molecule has 0 spiro atoms. The van der Waals surface area contributed by atoms with Gasteiger partial charge in [0.1, 0.15) is 0 Å². The highest BCUT2D eigenvalue weighted by molar-refractivity contribution is 5.39. The maximum absolute atomic E-state index is 8.40. The quantitative estimate of drug-likeness (QED) is 0.566. The number of rotatable bonds is 3. The molecule has 1 aromatic heterocycles. The summed E-state index contributed by atoms with van der Waals surface area (Å²) in [5, 5.41) is 11.2. The number of aliphatic hydroxyl groups is 1. The van der Waals surface area contributed by atoms with Gasteiger partial charge in [0.15, 0.2) is 11.8 Å². The summed E-state index contributed by atoms with van der Waals surface area (Å²) in [7, 11) is 0. The molecule has 0 saturated heterocycles. The molecule has 1 rings (SSSR count). The zero-order chi connectivity index (χ0) is 7.40. The van der Waals surface area contributed by atoms with Crippen LogP contribution < -0.4 is 11.1 Å². The highest BCUT2D eigenvalue weighted by Gasteiger charge is 1.94. The summed E-state index contributed by atoms with van der Waals surface area (Å²) in [6, 6.07) is 3.37. The van der Waals surface area contributed by atoms with Gasteiger partial charge in [0.2, 0.25) is 0 Å². The van der Waals surface area contributed by atoms with E-state index in [4.69, 9.17) is 15.3 Å². The molecule has 0 unspecified atom stereocenters. The van der Waals surface area contributed by atoms with Gasteiger partial charge >= 0.3 is 0 Å². The molecule has 4 heteroatoms. The highest BCUT2D eigenvalue weighted by atomic mass is 16.4. The number of furan rings is 1. The molecule has 1 heterocycles. The summed E-state index contributed by atoms with van der Waals surface area (Å²) < 4.78 is 4.94. The Morgan fingerprint density at radius 2 is 2.40 bits per heavy atom. The van der Waals surface area contributed by atoms with Crippen LogP contribution in [-0.4, -0.2) is 18.3 Å². The first-order chi connectivity index (χ1) is 4.83. The van der Waals surface area contributed by atoms with Crippen molar-refractivity contribution in [3.8, 4) is 0 Å². The lowest BCUT2D eigenvalue weighted by molar-refractivity contribution is 0.310. The lowest BCUT2D eigenvalue weighted by Gasteiger charge is -1.96. The zero-order valence-corrected chi connectivity index (χ0v) is 5.50. The van der Waals surface area contributed by atoms with Gasteiger partial charge in [0.05, 0.1) is 6.61 Å². The van der Waals surface area contributed by atoms with E-state index in [9.17, 15) is 0 Å². The summed E-state index contributed by atoms with van der Waals surface area (Å²) in [6.07, 6.45) is 0. The van der Waals surface area contributed by atoms with E-state index in [1.54, 1.807) is 12.1 Å². The van der Waals surface area contributed by atoms with E-state index in [1.165, 1.54) is 0 Å². The van der Waals surface area contributed by atoms with Gasteiger partial charge in [-0.05, 0) is 0 Å². The molecule has 56 valence electrons. The van der Waals surface area contributed by atoms with E-state index in [0.29, 0.717) is 18.3 Å². The number of hydrogen-bond acceptors (Lipinski definition) is 4. The van der Waals surface area contributed by atoms with Gasteiger partial charge in [-0.25, -0.2) is 0 Å². The van der Waals surface area contributed by atoms with Crippen molar-refractivity contribution in [2.45, 2.75) is 0 Å². The van der Waals surface area contributed by atoms with Crippen LogP contribution in [0.3, 0.4) is 0 Å². The van der Waals surface area contributed by atoms with Crippen molar-refractivity contribution in [3.05, 3.63) is 12.1 Å². The van der Waals surface area contributed by atoms with Crippen molar-refractivity contribution >= 4 is 11.8 Å². The largest absolute Gasteiger partial charge is 0.426 e. The van der Waals surface area contributed by atoms with Crippen LogP contribution in [0.1, 0.15) is 0 Å². The minimum absolute atomic E-state index is 0.0839. The molecule has 0 aliphatic rings. The first-order valence-electron chi connectivity index (χ1n) is 3.03. The lowest BCUT2D eigenvalue weighted by Crippen LogP contribution is -2.03. The molecule has 0 aliphatic heterocycles. The SMILES string of the molecule is Nc1ccc(NCCO)o1. The molecule has 4 nitrogen and oxygen atoms in total. The molecule has 0 saturated carbocycles. The molecule has 0 aliphatic carbocycles. The summed E-state index contributed by atoms with van der Waals surface area (Å²) in [5.74, 6) is 0.965. The van der Waals surface area contributed by atoms with E-state index >= 15 is 0 Å². The minimum atomic E-state index is 0.0839. The van der Waals surface area contributed by atoms with Crippen molar-refractivity contribution in [1.82, 2.24) is 0 Å². The van der Waals surface area contributed by atoms with Crippen molar-refractivity contribution in [2.75, 3.05) is 24.2 Å². The standard InChI is InChI=1S/C6H10N2O2/c7-5-1-2-6(10-5)8-3-4-9/h1-2,8-9H,3-4,7H2. The van der Waals surface area contributed by atoms with Crippen molar-refractivity contribution in [3.63, 3.8) is 0 Å². The van der Waals surface area contributed by atoms with Crippen molar-refractivity contribution < 1.29 is 9.52 Å². The number of anilines is 2. The molecule has 0 bridgehead atoms. The van der Waals surface area contributed by atoms with Crippen LogP contribution >= 0.6 is 0 Å². The smallest absolute Gasteiger partial charge is 0.195 e. The van der Waals surface area contributed by atoms with Crippen molar-refractivity contribution in [2.24, 2.45) is 0 Å².